The minimum absolute atomic E-state index is 0.107. The van der Waals surface area contributed by atoms with Crippen LogP contribution in [-0.2, 0) is 15.2 Å². The molecule has 2 aliphatic heterocycles. The summed E-state index contributed by atoms with van der Waals surface area (Å²) in [7, 11) is 0. The molecule has 0 radical (unpaired) electrons. The van der Waals surface area contributed by atoms with Gasteiger partial charge < -0.3 is 45.4 Å². The molecule has 8 atom stereocenters. The normalized spacial score (nSPS) is 35.8. The molecule has 3 aromatic heterocycles. The molecule has 0 aromatic carbocycles. The number of aliphatic hydroxyl groups is 6. The van der Waals surface area contributed by atoms with Crippen LogP contribution in [0.5, 0.6) is 0 Å². The van der Waals surface area contributed by atoms with E-state index in [4.69, 9.17) is 9.47 Å². The average Bonchev–Trinajstić information content (AvgIpc) is 3.49. The Morgan fingerprint density at radius 2 is 1.65 bits per heavy atom. The van der Waals surface area contributed by atoms with E-state index >= 15 is 0 Å². The van der Waals surface area contributed by atoms with Gasteiger partial charge in [-0.2, -0.15) is 0 Å². The van der Waals surface area contributed by atoms with E-state index in [0.29, 0.717) is 0 Å². The maximum Gasteiger partial charge on any atom is 0.228 e. The first kappa shape index (κ1) is 22.9. The van der Waals surface area contributed by atoms with Crippen molar-refractivity contribution in [3.05, 3.63) is 31.1 Å². The third-order valence-corrected chi connectivity index (χ3v) is 6.10. The number of aromatic nitrogens is 6. The van der Waals surface area contributed by atoms with Crippen molar-refractivity contribution in [2.24, 2.45) is 0 Å². The Bertz CT molecular complexity index is 1150. The van der Waals surface area contributed by atoms with Gasteiger partial charge in [0.25, 0.3) is 0 Å². The average molecular weight is 477 g/mol. The molecule has 0 amide bonds. The van der Waals surface area contributed by atoms with Crippen LogP contribution in [-0.4, -0.2) is 116 Å². The van der Waals surface area contributed by atoms with Gasteiger partial charge >= 0.3 is 0 Å². The second kappa shape index (κ2) is 8.71. The predicted octanol–water partition coefficient (Wildman–Crippen LogP) is -3.39. The number of ether oxygens (including phenoxy) is 2. The van der Waals surface area contributed by atoms with Gasteiger partial charge in [-0.05, 0) is 6.07 Å². The number of rotatable bonds is 6. The van der Waals surface area contributed by atoms with E-state index in [0.717, 1.165) is 0 Å². The molecule has 0 saturated carbocycles. The lowest BCUT2D eigenvalue weighted by molar-refractivity contribution is -0.231. The van der Waals surface area contributed by atoms with Crippen molar-refractivity contribution in [1.82, 2.24) is 29.5 Å². The summed E-state index contributed by atoms with van der Waals surface area (Å²) in [5, 5.41) is 64.9. The number of hydrogen-bond donors (Lipinski definition) is 7. The van der Waals surface area contributed by atoms with Gasteiger partial charge in [-0.25, -0.2) is 24.9 Å². The summed E-state index contributed by atoms with van der Waals surface area (Å²) in [6, 6.07) is 1.64. The Labute approximate surface area is 191 Å². The third-order valence-electron chi connectivity index (χ3n) is 6.10. The van der Waals surface area contributed by atoms with E-state index in [9.17, 15) is 30.6 Å². The minimum Gasteiger partial charge on any atom is -0.394 e. The van der Waals surface area contributed by atoms with Gasteiger partial charge in [0.2, 0.25) is 11.7 Å². The highest BCUT2D eigenvalue weighted by molar-refractivity contribution is 5.84. The number of fused-ring (bicyclic) bond motifs is 1. The number of hydrogen-bond acceptors (Lipinski definition) is 14. The molecule has 5 rings (SSSR count). The first-order valence-electron chi connectivity index (χ1n) is 10.4. The molecule has 15 heteroatoms. The third kappa shape index (κ3) is 3.33. The Morgan fingerprint density at radius 1 is 0.912 bits per heavy atom. The van der Waals surface area contributed by atoms with Gasteiger partial charge in [0.1, 0.15) is 49.1 Å². The van der Waals surface area contributed by atoms with Crippen LogP contribution in [0.4, 0.5) is 11.8 Å². The second-order valence-electron chi connectivity index (χ2n) is 7.99. The van der Waals surface area contributed by atoms with Crippen molar-refractivity contribution in [2.75, 3.05) is 18.5 Å². The topological polar surface area (TPSA) is 221 Å². The van der Waals surface area contributed by atoms with Crippen LogP contribution < -0.4 is 5.32 Å². The molecule has 0 aliphatic carbocycles. The van der Waals surface area contributed by atoms with E-state index in [2.05, 4.69) is 30.2 Å². The second-order valence-corrected chi connectivity index (χ2v) is 7.99. The molecule has 1 unspecified atom stereocenters. The van der Waals surface area contributed by atoms with Gasteiger partial charge in [0.05, 0.1) is 19.5 Å². The zero-order valence-electron chi connectivity index (χ0n) is 17.5. The summed E-state index contributed by atoms with van der Waals surface area (Å²) in [4.78, 5) is 20.8. The van der Waals surface area contributed by atoms with E-state index in [1.165, 1.54) is 29.6 Å². The van der Waals surface area contributed by atoms with Gasteiger partial charge in [-0.1, -0.05) is 0 Å². The minimum atomic E-state index is -2.08. The van der Waals surface area contributed by atoms with E-state index in [1.807, 2.05) is 0 Å². The predicted molar refractivity (Wildman–Crippen MR) is 110 cm³/mol. The molecular formula is C19H23N7O8. The lowest BCUT2D eigenvalue weighted by atomic mass is 9.92. The first-order chi connectivity index (χ1) is 16.4. The van der Waals surface area contributed by atoms with Crippen molar-refractivity contribution in [2.45, 2.75) is 48.5 Å². The highest BCUT2D eigenvalue weighted by Gasteiger charge is 2.66. The smallest absolute Gasteiger partial charge is 0.228 e. The van der Waals surface area contributed by atoms with Gasteiger partial charge in [-0.3, -0.25) is 4.57 Å². The van der Waals surface area contributed by atoms with E-state index in [1.54, 1.807) is 6.07 Å². The van der Waals surface area contributed by atoms with Crippen molar-refractivity contribution in [1.29, 1.82) is 0 Å². The summed E-state index contributed by atoms with van der Waals surface area (Å²) in [5.74, 6) is 0.459. The van der Waals surface area contributed by atoms with Crippen molar-refractivity contribution in [3.8, 4) is 0 Å². The molecule has 3 aromatic rings. The quantitative estimate of drug-likeness (QED) is 0.184. The Balaban J connectivity index is 1.64. The van der Waals surface area contributed by atoms with Crippen molar-refractivity contribution in [3.63, 3.8) is 0 Å². The van der Waals surface area contributed by atoms with Crippen LogP contribution in [0, 0.1) is 0 Å². The zero-order chi connectivity index (χ0) is 24.0. The van der Waals surface area contributed by atoms with Gasteiger partial charge in [0, 0.05) is 12.4 Å². The molecule has 7 N–H and O–H groups in total. The highest BCUT2D eigenvalue weighted by Crippen LogP contribution is 2.45. The van der Waals surface area contributed by atoms with Crippen LogP contribution in [0.3, 0.4) is 0 Å². The maximum atomic E-state index is 11.1. The summed E-state index contributed by atoms with van der Waals surface area (Å²) in [6.07, 6.45) is -4.90. The first-order valence-corrected chi connectivity index (χ1v) is 10.4. The molecular weight excluding hydrogens is 454 g/mol. The Morgan fingerprint density at radius 3 is 2.29 bits per heavy atom. The van der Waals surface area contributed by atoms with Crippen LogP contribution in [0.25, 0.3) is 11.2 Å². The fourth-order valence-corrected chi connectivity index (χ4v) is 4.44. The lowest BCUT2D eigenvalue weighted by Gasteiger charge is -2.39. The Kier molecular flexibility index (Phi) is 5.86. The summed E-state index contributed by atoms with van der Waals surface area (Å²) >= 11 is 0. The van der Waals surface area contributed by atoms with E-state index in [-0.39, 0.29) is 22.9 Å². The van der Waals surface area contributed by atoms with Crippen LogP contribution in [0.1, 0.15) is 0 Å². The molecule has 0 spiro atoms. The van der Waals surface area contributed by atoms with Crippen molar-refractivity contribution < 1.29 is 40.1 Å². The molecule has 34 heavy (non-hydrogen) atoms. The fraction of sp³-hybridized carbons (Fsp3) is 0.526. The zero-order valence-corrected chi connectivity index (χ0v) is 17.5. The lowest BCUT2D eigenvalue weighted by Crippen LogP contribution is -2.58. The van der Waals surface area contributed by atoms with Crippen molar-refractivity contribution >= 4 is 22.9 Å². The standard InChI is InChI=1S/C19H23N7O8/c27-4-8-11(29)13(31)15(33-8)19(14(32)12(30)9(5-28)34-19)26-7-24-10-16(22-6-23-17(10)26)25-18-20-2-1-3-21-18/h1-3,6-9,11-15,27-32H,4-5H2,(H,20,21,22,23,25)/t8-,9-,11-,12-,13-,14-,15?,19+/m1/s1. The molecule has 0 bridgehead atoms. The number of nitrogens with one attached hydrogen (secondary N) is 1. The van der Waals surface area contributed by atoms with E-state index < -0.39 is 61.7 Å². The molecule has 15 nitrogen and oxygen atoms in total. The van der Waals surface area contributed by atoms with Crippen LogP contribution >= 0.6 is 0 Å². The maximum absolute atomic E-state index is 11.1. The largest absolute Gasteiger partial charge is 0.394 e. The number of anilines is 2. The van der Waals surface area contributed by atoms with Gasteiger partial charge in [-0.15, -0.1) is 0 Å². The SMILES string of the molecule is OC[C@H]1OC([C@@]2(n3cnc4c(Nc5ncccn5)ncnc43)O[C@H](CO)[C@@H](O)[C@H]2O)[C@H](O)[C@@H]1O. The summed E-state index contributed by atoms with van der Waals surface area (Å²) < 4.78 is 12.8. The van der Waals surface area contributed by atoms with Crippen LogP contribution in [0.2, 0.25) is 0 Å². The fourth-order valence-electron chi connectivity index (χ4n) is 4.44. The molecule has 2 saturated heterocycles. The number of nitrogens with zero attached hydrogens (tertiary/aromatic N) is 6. The highest BCUT2D eigenvalue weighted by atomic mass is 16.6. The molecule has 182 valence electrons. The monoisotopic (exact) mass is 477 g/mol. The van der Waals surface area contributed by atoms with Gasteiger partial charge in [0.15, 0.2) is 17.0 Å². The number of aliphatic hydroxyl groups excluding tert-OH is 6. The molecule has 5 heterocycles. The summed E-state index contributed by atoms with van der Waals surface area (Å²) in [5.41, 5.74) is -1.77. The molecule has 2 aliphatic rings. The Hall–Kier alpha value is -2.89. The van der Waals surface area contributed by atoms with Crippen LogP contribution in [0.15, 0.2) is 31.1 Å². The molecule has 2 fully saturated rings. The number of imidazole rings is 1. The summed E-state index contributed by atoms with van der Waals surface area (Å²) in [6.45, 7) is -1.28.